The van der Waals surface area contributed by atoms with Gasteiger partial charge in [0, 0.05) is 39.1 Å². The fraction of sp³-hybridized carbons (Fsp3) is 0.500. The second-order valence-electron chi connectivity index (χ2n) is 5.38. The minimum Gasteiger partial charge on any atom is -0.355 e. The Morgan fingerprint density at radius 3 is 2.57 bits per heavy atom. The average molecular weight is 341 g/mol. The van der Waals surface area contributed by atoms with E-state index < -0.39 is 0 Å². The molecule has 23 heavy (non-hydrogen) atoms. The smallest absolute Gasteiger partial charge is 0.317 e. The molecule has 0 bridgehead atoms. The number of hydrogen-bond donors (Lipinski definition) is 3. The SMILES string of the molecule is CNCCNC(=O)CCNC(=O)N1CCc2ccccc2C1.Cl. The van der Waals surface area contributed by atoms with Gasteiger partial charge in [0.2, 0.25) is 5.91 Å². The van der Waals surface area contributed by atoms with Gasteiger partial charge < -0.3 is 20.9 Å². The first-order chi connectivity index (χ1) is 10.7. The van der Waals surface area contributed by atoms with Crippen molar-refractivity contribution in [2.24, 2.45) is 0 Å². The van der Waals surface area contributed by atoms with Gasteiger partial charge in [-0.1, -0.05) is 24.3 Å². The number of rotatable bonds is 6. The minimum atomic E-state index is -0.0995. The van der Waals surface area contributed by atoms with E-state index in [1.807, 2.05) is 19.2 Å². The Hall–Kier alpha value is -1.79. The van der Waals surface area contributed by atoms with Crippen molar-refractivity contribution in [3.63, 3.8) is 0 Å². The number of amides is 3. The average Bonchev–Trinajstić information content (AvgIpc) is 2.54. The fourth-order valence-electron chi connectivity index (χ4n) is 2.48. The maximum absolute atomic E-state index is 12.1. The highest BCUT2D eigenvalue weighted by Gasteiger charge is 2.19. The Morgan fingerprint density at radius 1 is 1.09 bits per heavy atom. The van der Waals surface area contributed by atoms with Crippen molar-refractivity contribution in [3.8, 4) is 0 Å². The number of carbonyl (C=O) groups excluding carboxylic acids is 2. The molecule has 0 unspecified atom stereocenters. The molecule has 3 N–H and O–H groups in total. The monoisotopic (exact) mass is 340 g/mol. The summed E-state index contributed by atoms with van der Waals surface area (Å²) in [6, 6.07) is 8.10. The van der Waals surface area contributed by atoms with Crippen molar-refractivity contribution in [1.29, 1.82) is 0 Å². The number of nitrogens with zero attached hydrogens (tertiary/aromatic N) is 1. The number of likely N-dealkylation sites (N-methyl/N-ethyl adjacent to an activating group) is 1. The van der Waals surface area contributed by atoms with Crippen LogP contribution in [0.1, 0.15) is 17.5 Å². The Kier molecular flexibility index (Phi) is 8.43. The summed E-state index contributed by atoms with van der Waals surface area (Å²) in [6.45, 7) is 3.06. The van der Waals surface area contributed by atoms with Gasteiger partial charge in [-0.3, -0.25) is 4.79 Å². The van der Waals surface area contributed by atoms with Crippen LogP contribution in [0, 0.1) is 0 Å². The van der Waals surface area contributed by atoms with Crippen molar-refractivity contribution >= 4 is 24.3 Å². The van der Waals surface area contributed by atoms with E-state index in [-0.39, 0.29) is 24.3 Å². The molecule has 1 aliphatic rings. The topological polar surface area (TPSA) is 73.5 Å². The Bertz CT molecular complexity index is 525. The van der Waals surface area contributed by atoms with Gasteiger partial charge in [-0.2, -0.15) is 0 Å². The van der Waals surface area contributed by atoms with Crippen molar-refractivity contribution in [1.82, 2.24) is 20.9 Å². The lowest BCUT2D eigenvalue weighted by Crippen LogP contribution is -2.43. The summed E-state index contributed by atoms with van der Waals surface area (Å²) in [6.07, 6.45) is 1.19. The quantitative estimate of drug-likeness (QED) is 0.674. The third-order valence-corrected chi connectivity index (χ3v) is 3.74. The summed E-state index contributed by atoms with van der Waals surface area (Å²) < 4.78 is 0. The molecule has 0 fully saturated rings. The van der Waals surface area contributed by atoms with E-state index in [0.29, 0.717) is 26.1 Å². The molecule has 0 atom stereocenters. The predicted molar refractivity (Wildman–Crippen MR) is 92.8 cm³/mol. The van der Waals surface area contributed by atoms with E-state index in [1.54, 1.807) is 4.90 Å². The number of carbonyl (C=O) groups is 2. The molecule has 2 rings (SSSR count). The number of urea groups is 1. The molecule has 0 radical (unpaired) electrons. The van der Waals surface area contributed by atoms with E-state index in [1.165, 1.54) is 11.1 Å². The lowest BCUT2D eigenvalue weighted by molar-refractivity contribution is -0.120. The molecular weight excluding hydrogens is 316 g/mol. The van der Waals surface area contributed by atoms with E-state index in [4.69, 9.17) is 0 Å². The summed E-state index contributed by atoms with van der Waals surface area (Å²) in [5.41, 5.74) is 2.52. The van der Waals surface area contributed by atoms with Crippen LogP contribution in [-0.2, 0) is 17.8 Å². The first kappa shape index (κ1) is 19.3. The summed E-state index contributed by atoms with van der Waals surface area (Å²) in [5.74, 6) is -0.0421. The first-order valence-electron chi connectivity index (χ1n) is 7.71. The fourth-order valence-corrected chi connectivity index (χ4v) is 2.48. The second-order valence-corrected chi connectivity index (χ2v) is 5.38. The third kappa shape index (κ3) is 6.08. The van der Waals surface area contributed by atoms with Gasteiger partial charge in [-0.25, -0.2) is 4.79 Å². The van der Waals surface area contributed by atoms with E-state index in [9.17, 15) is 9.59 Å². The van der Waals surface area contributed by atoms with Gasteiger partial charge in [0.25, 0.3) is 0 Å². The van der Waals surface area contributed by atoms with Crippen molar-refractivity contribution in [2.75, 3.05) is 33.2 Å². The molecule has 1 aromatic rings. The maximum atomic E-state index is 12.1. The van der Waals surface area contributed by atoms with Crippen LogP contribution in [0.3, 0.4) is 0 Å². The van der Waals surface area contributed by atoms with Crippen molar-refractivity contribution < 1.29 is 9.59 Å². The Labute approximate surface area is 143 Å². The van der Waals surface area contributed by atoms with Gasteiger partial charge in [-0.05, 0) is 24.6 Å². The van der Waals surface area contributed by atoms with Crippen LogP contribution in [0.2, 0.25) is 0 Å². The molecule has 0 spiro atoms. The molecule has 1 aliphatic heterocycles. The largest absolute Gasteiger partial charge is 0.355 e. The van der Waals surface area contributed by atoms with Crippen LogP contribution < -0.4 is 16.0 Å². The number of fused-ring (bicyclic) bond motifs is 1. The van der Waals surface area contributed by atoms with Gasteiger partial charge in [0.1, 0.15) is 0 Å². The van der Waals surface area contributed by atoms with Crippen LogP contribution in [0.4, 0.5) is 4.79 Å². The number of hydrogen-bond acceptors (Lipinski definition) is 3. The second kappa shape index (κ2) is 10.1. The molecule has 1 heterocycles. The molecule has 0 aliphatic carbocycles. The van der Waals surface area contributed by atoms with Crippen LogP contribution in [0.5, 0.6) is 0 Å². The first-order valence-corrected chi connectivity index (χ1v) is 7.71. The molecule has 0 saturated carbocycles. The zero-order chi connectivity index (χ0) is 15.8. The zero-order valence-corrected chi connectivity index (χ0v) is 14.2. The molecule has 1 aromatic carbocycles. The van der Waals surface area contributed by atoms with Gasteiger partial charge >= 0.3 is 6.03 Å². The predicted octanol–water partition coefficient (Wildman–Crippen LogP) is 0.902. The highest BCUT2D eigenvalue weighted by Crippen LogP contribution is 2.18. The lowest BCUT2D eigenvalue weighted by Gasteiger charge is -2.28. The number of nitrogens with one attached hydrogen (secondary N) is 3. The standard InChI is InChI=1S/C16H24N4O2.ClH/c1-17-9-10-18-15(21)6-8-19-16(22)20-11-7-13-4-2-3-5-14(13)12-20;/h2-5,17H,6-12H2,1H3,(H,18,21)(H,19,22);1H. The molecule has 6 nitrogen and oxygen atoms in total. The van der Waals surface area contributed by atoms with Gasteiger partial charge in [0.05, 0.1) is 0 Å². The highest BCUT2D eigenvalue weighted by molar-refractivity contribution is 5.85. The van der Waals surface area contributed by atoms with Crippen molar-refractivity contribution in [3.05, 3.63) is 35.4 Å². The van der Waals surface area contributed by atoms with E-state index >= 15 is 0 Å². The molecule has 128 valence electrons. The van der Waals surface area contributed by atoms with Gasteiger partial charge in [-0.15, -0.1) is 12.4 Å². The van der Waals surface area contributed by atoms with E-state index in [0.717, 1.165) is 19.5 Å². The van der Waals surface area contributed by atoms with Crippen LogP contribution >= 0.6 is 12.4 Å². The molecule has 7 heteroatoms. The zero-order valence-electron chi connectivity index (χ0n) is 13.4. The molecule has 3 amide bonds. The van der Waals surface area contributed by atoms with Gasteiger partial charge in [0.15, 0.2) is 0 Å². The van der Waals surface area contributed by atoms with Crippen LogP contribution in [-0.4, -0.2) is 50.1 Å². The van der Waals surface area contributed by atoms with Crippen LogP contribution in [0.25, 0.3) is 0 Å². The van der Waals surface area contributed by atoms with Crippen molar-refractivity contribution in [2.45, 2.75) is 19.4 Å². The normalized spacial score (nSPS) is 12.8. The Balaban J connectivity index is 0.00000264. The minimum absolute atomic E-state index is 0. The maximum Gasteiger partial charge on any atom is 0.317 e. The van der Waals surface area contributed by atoms with E-state index in [2.05, 4.69) is 28.1 Å². The summed E-state index contributed by atoms with van der Waals surface area (Å²) in [4.78, 5) is 25.5. The lowest BCUT2D eigenvalue weighted by atomic mass is 10.0. The number of halogens is 1. The van der Waals surface area contributed by atoms with Crippen LogP contribution in [0.15, 0.2) is 24.3 Å². The highest BCUT2D eigenvalue weighted by atomic mass is 35.5. The molecule has 0 saturated heterocycles. The Morgan fingerprint density at radius 2 is 1.83 bits per heavy atom. The molecule has 0 aromatic heterocycles. The summed E-state index contributed by atoms with van der Waals surface area (Å²) >= 11 is 0. The third-order valence-electron chi connectivity index (χ3n) is 3.74. The molecular formula is C16H25ClN4O2. The number of benzene rings is 1. The summed E-state index contributed by atoms with van der Waals surface area (Å²) in [5, 5.41) is 8.56. The summed E-state index contributed by atoms with van der Waals surface area (Å²) in [7, 11) is 1.84.